The summed E-state index contributed by atoms with van der Waals surface area (Å²) < 4.78 is 7.32. The first kappa shape index (κ1) is 14.2. The zero-order chi connectivity index (χ0) is 14.8. The lowest BCUT2D eigenvalue weighted by Crippen LogP contribution is -2.44. The van der Waals surface area contributed by atoms with Crippen molar-refractivity contribution in [3.8, 4) is 0 Å². The molecule has 1 fully saturated rings. The molecular formula is C14H18ClN5O. The molecule has 1 aliphatic heterocycles. The number of morpholine rings is 1. The van der Waals surface area contributed by atoms with Crippen LogP contribution in [0.25, 0.3) is 11.0 Å². The number of halogens is 1. The number of imidazole rings is 1. The summed E-state index contributed by atoms with van der Waals surface area (Å²) in [5, 5.41) is 0.684. The second-order valence-corrected chi connectivity index (χ2v) is 5.43. The first-order valence-corrected chi connectivity index (χ1v) is 7.26. The van der Waals surface area contributed by atoms with Gasteiger partial charge < -0.3 is 19.9 Å². The lowest BCUT2D eigenvalue weighted by Gasteiger charge is -2.27. The number of guanidine groups is 1. The van der Waals surface area contributed by atoms with Gasteiger partial charge in [-0.05, 0) is 18.2 Å². The summed E-state index contributed by atoms with van der Waals surface area (Å²) >= 11 is 5.99. The number of aromatic nitrogens is 2. The predicted molar refractivity (Wildman–Crippen MR) is 83.4 cm³/mol. The van der Waals surface area contributed by atoms with Crippen LogP contribution in [0.2, 0.25) is 5.02 Å². The third-order valence-corrected chi connectivity index (χ3v) is 3.89. The largest absolute Gasteiger partial charge is 0.378 e. The third kappa shape index (κ3) is 2.96. The van der Waals surface area contributed by atoms with E-state index in [0.717, 1.165) is 29.9 Å². The van der Waals surface area contributed by atoms with Gasteiger partial charge in [-0.1, -0.05) is 11.6 Å². The molecule has 2 N–H and O–H groups in total. The molecule has 0 amide bonds. The molecule has 3 rings (SSSR count). The van der Waals surface area contributed by atoms with Crippen LogP contribution in [0.4, 0.5) is 0 Å². The number of hydrogen-bond acceptors (Lipinski definition) is 3. The summed E-state index contributed by atoms with van der Waals surface area (Å²) in [5.41, 5.74) is 7.94. The molecule has 1 aromatic carbocycles. The summed E-state index contributed by atoms with van der Waals surface area (Å²) in [6.45, 7) is 3.41. The molecule has 112 valence electrons. The average Bonchev–Trinajstić information content (AvgIpc) is 2.81. The summed E-state index contributed by atoms with van der Waals surface area (Å²) in [6.07, 6.45) is 0. The Balaban J connectivity index is 1.79. The second kappa shape index (κ2) is 5.91. The van der Waals surface area contributed by atoms with Crippen molar-refractivity contribution in [3.63, 3.8) is 0 Å². The Hall–Kier alpha value is -1.79. The molecule has 0 spiro atoms. The number of aryl methyl sites for hydroxylation is 1. The van der Waals surface area contributed by atoms with Gasteiger partial charge in [-0.2, -0.15) is 0 Å². The third-order valence-electron chi connectivity index (χ3n) is 3.65. The minimum absolute atomic E-state index is 0.450. The molecule has 1 aliphatic rings. The van der Waals surface area contributed by atoms with Gasteiger partial charge in [-0.25, -0.2) is 9.98 Å². The fourth-order valence-corrected chi connectivity index (χ4v) is 2.57. The number of ether oxygens (including phenoxy) is 1. The molecule has 0 atom stereocenters. The Morgan fingerprint density at radius 1 is 1.43 bits per heavy atom. The minimum atomic E-state index is 0.450. The van der Waals surface area contributed by atoms with Crippen molar-refractivity contribution in [3.05, 3.63) is 29.0 Å². The fraction of sp³-hybridized carbons (Fsp3) is 0.429. The van der Waals surface area contributed by atoms with Crippen molar-refractivity contribution in [2.45, 2.75) is 6.54 Å². The van der Waals surface area contributed by atoms with Gasteiger partial charge in [-0.15, -0.1) is 0 Å². The Labute approximate surface area is 128 Å². The molecular weight excluding hydrogens is 290 g/mol. The van der Waals surface area contributed by atoms with E-state index in [2.05, 4.69) is 9.98 Å². The van der Waals surface area contributed by atoms with Crippen LogP contribution in [0.3, 0.4) is 0 Å². The van der Waals surface area contributed by atoms with Crippen LogP contribution in [0.1, 0.15) is 5.82 Å². The Morgan fingerprint density at radius 3 is 2.95 bits per heavy atom. The van der Waals surface area contributed by atoms with Crippen molar-refractivity contribution in [1.29, 1.82) is 0 Å². The Morgan fingerprint density at radius 2 is 2.19 bits per heavy atom. The molecule has 1 saturated heterocycles. The van der Waals surface area contributed by atoms with Gasteiger partial charge >= 0.3 is 0 Å². The Kier molecular flexibility index (Phi) is 3.98. The topological polar surface area (TPSA) is 68.7 Å². The van der Waals surface area contributed by atoms with Crippen molar-refractivity contribution >= 4 is 28.6 Å². The van der Waals surface area contributed by atoms with Crippen molar-refractivity contribution in [1.82, 2.24) is 14.5 Å². The molecule has 0 saturated carbocycles. The van der Waals surface area contributed by atoms with E-state index in [9.17, 15) is 0 Å². The summed E-state index contributed by atoms with van der Waals surface area (Å²) in [5.74, 6) is 1.41. The standard InChI is InChI=1S/C14H18ClN5O/c1-19-12-3-2-10(15)8-11(12)18-13(19)9-17-14(16)20-4-6-21-7-5-20/h2-3,8H,4-7,9H2,1H3,(H2,16,17). The number of fused-ring (bicyclic) bond motifs is 1. The normalized spacial score (nSPS) is 16.7. The van der Waals surface area contributed by atoms with Gasteiger partial charge in [0.15, 0.2) is 5.96 Å². The highest BCUT2D eigenvalue weighted by atomic mass is 35.5. The first-order chi connectivity index (χ1) is 10.1. The van der Waals surface area contributed by atoms with Crippen LogP contribution in [0.15, 0.2) is 23.2 Å². The lowest BCUT2D eigenvalue weighted by molar-refractivity contribution is 0.0674. The number of rotatable bonds is 2. The van der Waals surface area contributed by atoms with E-state index >= 15 is 0 Å². The maximum Gasteiger partial charge on any atom is 0.191 e. The quantitative estimate of drug-likeness (QED) is 0.672. The Bertz CT molecular complexity index is 675. The van der Waals surface area contributed by atoms with Crippen molar-refractivity contribution in [2.24, 2.45) is 17.8 Å². The minimum Gasteiger partial charge on any atom is -0.378 e. The maximum absolute atomic E-state index is 6.03. The number of nitrogens with zero attached hydrogens (tertiary/aromatic N) is 4. The van der Waals surface area contributed by atoms with E-state index in [1.807, 2.05) is 34.7 Å². The van der Waals surface area contributed by atoms with Crippen LogP contribution in [-0.2, 0) is 18.3 Å². The molecule has 6 nitrogen and oxygen atoms in total. The zero-order valence-corrected chi connectivity index (χ0v) is 12.7. The fourth-order valence-electron chi connectivity index (χ4n) is 2.41. The average molecular weight is 308 g/mol. The van der Waals surface area contributed by atoms with E-state index in [0.29, 0.717) is 30.7 Å². The van der Waals surface area contributed by atoms with Gasteiger partial charge in [0.25, 0.3) is 0 Å². The van der Waals surface area contributed by atoms with Gasteiger partial charge in [0.1, 0.15) is 12.4 Å². The van der Waals surface area contributed by atoms with Gasteiger partial charge in [0, 0.05) is 25.2 Å². The van der Waals surface area contributed by atoms with E-state index in [1.165, 1.54) is 0 Å². The highest BCUT2D eigenvalue weighted by molar-refractivity contribution is 6.31. The van der Waals surface area contributed by atoms with Gasteiger partial charge in [0.05, 0.1) is 24.2 Å². The smallest absolute Gasteiger partial charge is 0.191 e. The molecule has 0 bridgehead atoms. The molecule has 0 radical (unpaired) electrons. The highest BCUT2D eigenvalue weighted by Crippen LogP contribution is 2.19. The maximum atomic E-state index is 6.03. The number of nitrogens with two attached hydrogens (primary N) is 1. The SMILES string of the molecule is Cn1c(CN=C(N)N2CCOCC2)nc2cc(Cl)ccc21. The summed E-state index contributed by atoms with van der Waals surface area (Å²) in [4.78, 5) is 11.0. The lowest BCUT2D eigenvalue weighted by atomic mass is 10.3. The van der Waals surface area contributed by atoms with E-state index in [1.54, 1.807) is 0 Å². The first-order valence-electron chi connectivity index (χ1n) is 6.88. The molecule has 21 heavy (non-hydrogen) atoms. The predicted octanol–water partition coefficient (Wildman–Crippen LogP) is 1.37. The molecule has 7 heteroatoms. The number of aliphatic imine (C=N–C) groups is 1. The molecule has 2 heterocycles. The van der Waals surface area contributed by atoms with Crippen LogP contribution >= 0.6 is 11.6 Å². The van der Waals surface area contributed by atoms with E-state index in [4.69, 9.17) is 22.1 Å². The molecule has 0 aliphatic carbocycles. The van der Waals surface area contributed by atoms with E-state index in [-0.39, 0.29) is 0 Å². The second-order valence-electron chi connectivity index (χ2n) is 4.99. The molecule has 1 aromatic heterocycles. The van der Waals surface area contributed by atoms with Crippen molar-refractivity contribution in [2.75, 3.05) is 26.3 Å². The van der Waals surface area contributed by atoms with Crippen molar-refractivity contribution < 1.29 is 4.74 Å². The van der Waals surface area contributed by atoms with E-state index < -0.39 is 0 Å². The van der Waals surface area contributed by atoms with Gasteiger partial charge in [-0.3, -0.25) is 0 Å². The monoisotopic (exact) mass is 307 g/mol. The van der Waals surface area contributed by atoms with Gasteiger partial charge in [0.2, 0.25) is 0 Å². The summed E-state index contributed by atoms with van der Waals surface area (Å²) in [7, 11) is 1.97. The van der Waals surface area contributed by atoms with Crippen LogP contribution in [0, 0.1) is 0 Å². The van der Waals surface area contributed by atoms with Crippen LogP contribution in [-0.4, -0.2) is 46.7 Å². The molecule has 0 unspecified atom stereocenters. The highest BCUT2D eigenvalue weighted by Gasteiger charge is 2.13. The number of hydrogen-bond donors (Lipinski definition) is 1. The zero-order valence-electron chi connectivity index (χ0n) is 11.9. The van der Waals surface area contributed by atoms with Crippen LogP contribution < -0.4 is 5.73 Å². The van der Waals surface area contributed by atoms with Crippen LogP contribution in [0.5, 0.6) is 0 Å². The summed E-state index contributed by atoms with van der Waals surface area (Å²) in [6, 6.07) is 5.68. The number of benzene rings is 1. The molecule has 2 aromatic rings.